The van der Waals surface area contributed by atoms with Gasteiger partial charge in [-0.25, -0.2) is 13.4 Å². The molecule has 1 heterocycles. The van der Waals surface area contributed by atoms with Crippen molar-refractivity contribution in [3.63, 3.8) is 0 Å². The van der Waals surface area contributed by atoms with Gasteiger partial charge in [-0.3, -0.25) is 0 Å². The van der Waals surface area contributed by atoms with Gasteiger partial charge in [-0.05, 0) is 19.9 Å². The van der Waals surface area contributed by atoms with E-state index in [-0.39, 0.29) is 11.5 Å². The fourth-order valence-corrected chi connectivity index (χ4v) is 2.11. The highest BCUT2D eigenvalue weighted by molar-refractivity contribution is 7.91. The van der Waals surface area contributed by atoms with E-state index < -0.39 is 9.84 Å². The fraction of sp³-hybridized carbons (Fsp3) is 0.700. The van der Waals surface area contributed by atoms with Crippen LogP contribution in [0.4, 0.5) is 0 Å². The Bertz CT molecular complexity index is 411. The number of nitrogens with zero attached hydrogens (tertiary/aromatic N) is 1. The molecule has 0 saturated carbocycles. The van der Waals surface area contributed by atoms with Crippen molar-refractivity contribution < 1.29 is 12.8 Å². The molecule has 0 fully saturated rings. The first-order valence-corrected chi connectivity index (χ1v) is 7.18. The number of oxazole rings is 1. The van der Waals surface area contributed by atoms with E-state index in [1.54, 1.807) is 13.1 Å². The Labute approximate surface area is 96.2 Å². The SMILES string of the molecule is CCS(=O)(=O)CCCNCc1ncc(C)o1. The highest BCUT2D eigenvalue weighted by Crippen LogP contribution is 2.00. The lowest BCUT2D eigenvalue weighted by atomic mass is 10.5. The van der Waals surface area contributed by atoms with Gasteiger partial charge in [-0.15, -0.1) is 0 Å². The van der Waals surface area contributed by atoms with Crippen LogP contribution in [0.5, 0.6) is 0 Å². The van der Waals surface area contributed by atoms with Crippen molar-refractivity contribution in [3.8, 4) is 0 Å². The van der Waals surface area contributed by atoms with Gasteiger partial charge in [-0.1, -0.05) is 6.92 Å². The van der Waals surface area contributed by atoms with Crippen molar-refractivity contribution in [3.05, 3.63) is 17.8 Å². The smallest absolute Gasteiger partial charge is 0.208 e. The number of sulfone groups is 1. The molecule has 0 amide bonds. The van der Waals surface area contributed by atoms with Crippen LogP contribution in [-0.4, -0.2) is 31.5 Å². The Morgan fingerprint density at radius 3 is 2.81 bits per heavy atom. The predicted molar refractivity (Wildman–Crippen MR) is 61.9 cm³/mol. The van der Waals surface area contributed by atoms with E-state index in [9.17, 15) is 8.42 Å². The van der Waals surface area contributed by atoms with Gasteiger partial charge >= 0.3 is 0 Å². The quantitative estimate of drug-likeness (QED) is 0.724. The maximum absolute atomic E-state index is 11.2. The lowest BCUT2D eigenvalue weighted by Gasteiger charge is -2.02. The zero-order valence-corrected chi connectivity index (χ0v) is 10.5. The molecule has 0 bridgehead atoms. The number of nitrogens with one attached hydrogen (secondary N) is 1. The second-order valence-electron chi connectivity index (χ2n) is 3.63. The molecule has 92 valence electrons. The molecule has 0 unspecified atom stereocenters. The molecule has 1 aromatic heterocycles. The standard InChI is InChI=1S/C10H18N2O3S/c1-3-16(13,14)6-4-5-11-8-10-12-7-9(2)15-10/h7,11H,3-6,8H2,1-2H3. The van der Waals surface area contributed by atoms with E-state index in [1.807, 2.05) is 6.92 Å². The summed E-state index contributed by atoms with van der Waals surface area (Å²) in [5, 5.41) is 3.09. The van der Waals surface area contributed by atoms with Crippen LogP contribution in [0.2, 0.25) is 0 Å². The van der Waals surface area contributed by atoms with Gasteiger partial charge in [0.25, 0.3) is 0 Å². The summed E-state index contributed by atoms with van der Waals surface area (Å²) in [6.45, 7) is 4.70. The lowest BCUT2D eigenvalue weighted by Crippen LogP contribution is -2.19. The van der Waals surface area contributed by atoms with Crippen molar-refractivity contribution >= 4 is 9.84 Å². The summed E-state index contributed by atoms with van der Waals surface area (Å²) >= 11 is 0. The fourth-order valence-electron chi connectivity index (χ4n) is 1.24. The Hall–Kier alpha value is -0.880. The number of rotatable bonds is 7. The van der Waals surface area contributed by atoms with Crippen LogP contribution in [0.25, 0.3) is 0 Å². The molecule has 0 radical (unpaired) electrons. The first-order valence-electron chi connectivity index (χ1n) is 5.36. The molecular weight excluding hydrogens is 228 g/mol. The van der Waals surface area contributed by atoms with E-state index in [0.717, 1.165) is 5.76 Å². The normalized spacial score (nSPS) is 11.9. The van der Waals surface area contributed by atoms with Gasteiger partial charge in [0.2, 0.25) is 5.89 Å². The van der Waals surface area contributed by atoms with Crippen LogP contribution in [0.3, 0.4) is 0 Å². The van der Waals surface area contributed by atoms with E-state index in [1.165, 1.54) is 0 Å². The molecule has 0 spiro atoms. The summed E-state index contributed by atoms with van der Waals surface area (Å²) in [6.07, 6.45) is 2.29. The van der Waals surface area contributed by atoms with Crippen LogP contribution < -0.4 is 5.32 Å². The highest BCUT2D eigenvalue weighted by atomic mass is 32.2. The summed E-state index contributed by atoms with van der Waals surface area (Å²) < 4.78 is 27.6. The molecule has 0 aliphatic rings. The van der Waals surface area contributed by atoms with E-state index in [0.29, 0.717) is 25.4 Å². The molecule has 0 aliphatic carbocycles. The van der Waals surface area contributed by atoms with Crippen molar-refractivity contribution in [1.82, 2.24) is 10.3 Å². The van der Waals surface area contributed by atoms with Gasteiger partial charge in [-0.2, -0.15) is 0 Å². The van der Waals surface area contributed by atoms with Crippen LogP contribution in [-0.2, 0) is 16.4 Å². The molecule has 5 nitrogen and oxygen atoms in total. The second kappa shape index (κ2) is 6.00. The maximum Gasteiger partial charge on any atom is 0.208 e. The first-order chi connectivity index (χ1) is 7.53. The largest absolute Gasteiger partial charge is 0.445 e. The minimum atomic E-state index is -2.84. The zero-order chi connectivity index (χ0) is 12.0. The molecule has 0 saturated heterocycles. The zero-order valence-electron chi connectivity index (χ0n) is 9.69. The predicted octanol–water partition coefficient (Wildman–Crippen LogP) is 0.897. The monoisotopic (exact) mass is 246 g/mol. The summed E-state index contributed by atoms with van der Waals surface area (Å²) in [4.78, 5) is 4.03. The third-order valence-electron chi connectivity index (χ3n) is 2.19. The molecule has 0 aromatic carbocycles. The van der Waals surface area contributed by atoms with Gasteiger partial charge < -0.3 is 9.73 Å². The average Bonchev–Trinajstić information content (AvgIpc) is 2.64. The van der Waals surface area contributed by atoms with Crippen molar-refractivity contribution in [2.24, 2.45) is 0 Å². The Morgan fingerprint density at radius 1 is 1.50 bits per heavy atom. The van der Waals surface area contributed by atoms with E-state index in [4.69, 9.17) is 4.42 Å². The minimum absolute atomic E-state index is 0.214. The highest BCUT2D eigenvalue weighted by Gasteiger charge is 2.06. The van der Waals surface area contributed by atoms with Crippen LogP contribution >= 0.6 is 0 Å². The number of aryl methyl sites for hydroxylation is 1. The molecule has 1 rings (SSSR count). The average molecular weight is 246 g/mol. The molecule has 1 N–H and O–H groups in total. The van der Waals surface area contributed by atoms with Gasteiger partial charge in [0.05, 0.1) is 18.5 Å². The molecule has 6 heteroatoms. The van der Waals surface area contributed by atoms with Crippen molar-refractivity contribution in [1.29, 1.82) is 0 Å². The van der Waals surface area contributed by atoms with Crippen LogP contribution in [0, 0.1) is 6.92 Å². The van der Waals surface area contributed by atoms with Crippen molar-refractivity contribution in [2.45, 2.75) is 26.8 Å². The van der Waals surface area contributed by atoms with E-state index in [2.05, 4.69) is 10.3 Å². The van der Waals surface area contributed by atoms with Gasteiger partial charge in [0.1, 0.15) is 15.6 Å². The number of hydrogen-bond donors (Lipinski definition) is 1. The Balaban J connectivity index is 2.13. The van der Waals surface area contributed by atoms with Crippen molar-refractivity contribution in [2.75, 3.05) is 18.1 Å². The topological polar surface area (TPSA) is 72.2 Å². The second-order valence-corrected chi connectivity index (χ2v) is 6.10. The Kier molecular flexibility index (Phi) is 4.95. The summed E-state index contributed by atoms with van der Waals surface area (Å²) in [5.41, 5.74) is 0. The molecule has 0 aliphatic heterocycles. The molecule has 16 heavy (non-hydrogen) atoms. The van der Waals surface area contributed by atoms with Gasteiger partial charge in [0.15, 0.2) is 0 Å². The maximum atomic E-state index is 11.2. The summed E-state index contributed by atoms with van der Waals surface area (Å²) in [5.74, 6) is 1.87. The first kappa shape index (κ1) is 13.2. The van der Waals surface area contributed by atoms with Crippen LogP contribution in [0.1, 0.15) is 25.0 Å². The van der Waals surface area contributed by atoms with E-state index >= 15 is 0 Å². The number of aromatic nitrogens is 1. The summed E-state index contributed by atoms with van der Waals surface area (Å²) in [7, 11) is -2.84. The third-order valence-corrected chi connectivity index (χ3v) is 3.98. The number of hydrogen-bond acceptors (Lipinski definition) is 5. The lowest BCUT2D eigenvalue weighted by molar-refractivity contribution is 0.449. The Morgan fingerprint density at radius 2 is 2.25 bits per heavy atom. The molecule has 1 aromatic rings. The van der Waals surface area contributed by atoms with Crippen LogP contribution in [0.15, 0.2) is 10.6 Å². The molecular formula is C10H18N2O3S. The third kappa shape index (κ3) is 4.76. The van der Waals surface area contributed by atoms with Gasteiger partial charge in [0, 0.05) is 5.75 Å². The molecule has 0 atom stereocenters. The minimum Gasteiger partial charge on any atom is -0.445 e. The summed E-state index contributed by atoms with van der Waals surface area (Å²) in [6, 6.07) is 0.